The molecule has 2 atom stereocenters. The van der Waals surface area contributed by atoms with Crippen LogP contribution >= 0.6 is 0 Å². The first-order valence-electron chi connectivity index (χ1n) is 12.6. The summed E-state index contributed by atoms with van der Waals surface area (Å²) >= 11 is 0. The van der Waals surface area contributed by atoms with Gasteiger partial charge in [0.05, 0.1) is 17.2 Å². The first-order chi connectivity index (χ1) is 17.6. The SMILES string of the molecule is C[C@@]1(CNC(=O)[C@@H](N)Cc2ccccc2)CCN(c2cc3c(cc2F)c(=O)c(C(=O)O)cn3C2CC2)C1. The molecule has 1 saturated carbocycles. The van der Waals surface area contributed by atoms with E-state index >= 15 is 4.39 Å². The maximum Gasteiger partial charge on any atom is 0.341 e. The number of carboxylic acid groups (broad SMARTS) is 1. The Hall–Kier alpha value is -3.72. The highest BCUT2D eigenvalue weighted by Gasteiger charge is 2.36. The Labute approximate surface area is 213 Å². The predicted octanol–water partition coefficient (Wildman–Crippen LogP) is 3.08. The molecule has 2 heterocycles. The molecule has 9 heteroatoms. The van der Waals surface area contributed by atoms with E-state index in [0.29, 0.717) is 37.3 Å². The molecular weight excluding hydrogens is 475 g/mol. The summed E-state index contributed by atoms with van der Waals surface area (Å²) in [6, 6.07) is 11.9. The van der Waals surface area contributed by atoms with Crippen LogP contribution in [0.15, 0.2) is 53.5 Å². The third kappa shape index (κ3) is 5.09. The lowest BCUT2D eigenvalue weighted by Crippen LogP contribution is -2.46. The Kier molecular flexibility index (Phi) is 6.49. The standard InChI is InChI=1S/C28H31FN4O4/c1-28(15-31-26(35)22(30)11-17-5-3-2-4-6-17)9-10-32(16-28)24-13-23-19(12-21(24)29)25(34)20(27(36)37)14-33(23)18-7-8-18/h2-6,12-14,18,22H,7-11,15-16,30H2,1H3,(H,31,35)(H,36,37)/t22-,28-/m0/s1. The summed E-state index contributed by atoms with van der Waals surface area (Å²) in [6.45, 7) is 3.57. The number of rotatable bonds is 8. The number of aromatic carboxylic acids is 1. The molecule has 2 aromatic carbocycles. The summed E-state index contributed by atoms with van der Waals surface area (Å²) in [6.07, 6.45) is 4.35. The Balaban J connectivity index is 1.32. The van der Waals surface area contributed by atoms with Crippen LogP contribution in [0.4, 0.5) is 10.1 Å². The zero-order valence-electron chi connectivity index (χ0n) is 20.7. The fourth-order valence-corrected chi connectivity index (χ4v) is 5.17. The molecule has 1 saturated heterocycles. The molecule has 8 nitrogen and oxygen atoms in total. The second-order valence-electron chi connectivity index (χ2n) is 10.6. The molecule has 4 N–H and O–H groups in total. The van der Waals surface area contributed by atoms with E-state index in [9.17, 15) is 19.5 Å². The van der Waals surface area contributed by atoms with E-state index in [0.717, 1.165) is 24.8 Å². The molecule has 194 valence electrons. The number of nitrogens with two attached hydrogens (primary N) is 1. The number of pyridine rings is 1. The highest BCUT2D eigenvalue weighted by Crippen LogP contribution is 2.39. The van der Waals surface area contributed by atoms with Gasteiger partial charge in [-0.3, -0.25) is 9.59 Å². The van der Waals surface area contributed by atoms with Crippen molar-refractivity contribution in [1.29, 1.82) is 0 Å². The van der Waals surface area contributed by atoms with Crippen molar-refractivity contribution in [2.24, 2.45) is 11.1 Å². The Morgan fingerprint density at radius 2 is 1.97 bits per heavy atom. The number of hydrogen-bond acceptors (Lipinski definition) is 5. The number of nitrogens with one attached hydrogen (secondary N) is 1. The molecular formula is C28H31FN4O4. The molecule has 2 fully saturated rings. The van der Waals surface area contributed by atoms with Crippen LogP contribution in [0, 0.1) is 11.2 Å². The molecule has 0 unspecified atom stereocenters. The summed E-state index contributed by atoms with van der Waals surface area (Å²) in [7, 11) is 0. The molecule has 0 bridgehead atoms. The summed E-state index contributed by atoms with van der Waals surface area (Å²) < 4.78 is 17.1. The van der Waals surface area contributed by atoms with Crippen LogP contribution < -0.4 is 21.4 Å². The number of anilines is 1. The largest absolute Gasteiger partial charge is 0.477 e. The van der Waals surface area contributed by atoms with Crippen molar-refractivity contribution < 1.29 is 19.1 Å². The minimum absolute atomic E-state index is 0.0784. The maximum atomic E-state index is 15.3. The van der Waals surface area contributed by atoms with Gasteiger partial charge in [-0.2, -0.15) is 0 Å². The second kappa shape index (κ2) is 9.63. The number of hydrogen-bond donors (Lipinski definition) is 3. The lowest BCUT2D eigenvalue weighted by molar-refractivity contribution is -0.122. The minimum atomic E-state index is -1.31. The van der Waals surface area contributed by atoms with E-state index in [1.54, 1.807) is 10.6 Å². The van der Waals surface area contributed by atoms with Gasteiger partial charge in [0.15, 0.2) is 0 Å². The minimum Gasteiger partial charge on any atom is -0.477 e. The van der Waals surface area contributed by atoms with Gasteiger partial charge in [-0.15, -0.1) is 0 Å². The Morgan fingerprint density at radius 1 is 1.24 bits per heavy atom. The number of carbonyl (C=O) groups excluding carboxylic acids is 1. The van der Waals surface area contributed by atoms with E-state index in [2.05, 4.69) is 5.32 Å². The number of nitrogens with zero attached hydrogens (tertiary/aromatic N) is 2. The summed E-state index contributed by atoms with van der Waals surface area (Å²) in [4.78, 5) is 38.9. The van der Waals surface area contributed by atoms with Gasteiger partial charge in [-0.1, -0.05) is 37.3 Å². The van der Waals surface area contributed by atoms with Gasteiger partial charge in [-0.25, -0.2) is 9.18 Å². The molecule has 1 aromatic heterocycles. The smallest absolute Gasteiger partial charge is 0.341 e. The highest BCUT2D eigenvalue weighted by molar-refractivity contribution is 5.93. The van der Waals surface area contributed by atoms with Crippen LogP contribution in [0.3, 0.4) is 0 Å². The van der Waals surface area contributed by atoms with Crippen LogP contribution in [0.1, 0.15) is 48.1 Å². The van der Waals surface area contributed by atoms with Gasteiger partial charge < -0.3 is 25.6 Å². The number of amides is 1. The molecule has 1 aliphatic carbocycles. The van der Waals surface area contributed by atoms with Crippen LogP contribution in [-0.2, 0) is 11.2 Å². The van der Waals surface area contributed by atoms with E-state index in [4.69, 9.17) is 5.73 Å². The monoisotopic (exact) mass is 506 g/mol. The molecule has 1 aliphatic heterocycles. The lowest BCUT2D eigenvalue weighted by Gasteiger charge is -2.27. The van der Waals surface area contributed by atoms with E-state index in [1.807, 2.05) is 42.2 Å². The number of fused-ring (bicyclic) bond motifs is 1. The first kappa shape index (κ1) is 25.0. The van der Waals surface area contributed by atoms with Crippen molar-refractivity contribution >= 4 is 28.5 Å². The van der Waals surface area contributed by atoms with Crippen molar-refractivity contribution in [3.63, 3.8) is 0 Å². The fraction of sp³-hybridized carbons (Fsp3) is 0.393. The molecule has 5 rings (SSSR count). The first-order valence-corrected chi connectivity index (χ1v) is 12.6. The number of benzene rings is 2. The van der Waals surface area contributed by atoms with Gasteiger partial charge >= 0.3 is 5.97 Å². The van der Waals surface area contributed by atoms with E-state index in [-0.39, 0.29) is 28.3 Å². The van der Waals surface area contributed by atoms with Gasteiger partial charge in [0.2, 0.25) is 11.3 Å². The van der Waals surface area contributed by atoms with Crippen LogP contribution in [-0.4, -0.2) is 47.2 Å². The number of aromatic nitrogens is 1. The quantitative estimate of drug-likeness (QED) is 0.432. The van der Waals surface area contributed by atoms with Gasteiger partial charge in [0, 0.05) is 42.7 Å². The number of halogens is 1. The third-order valence-electron chi connectivity index (χ3n) is 7.49. The van der Waals surface area contributed by atoms with Crippen LogP contribution in [0.2, 0.25) is 0 Å². The molecule has 3 aromatic rings. The maximum absolute atomic E-state index is 15.3. The third-order valence-corrected chi connectivity index (χ3v) is 7.49. The molecule has 0 spiro atoms. The fourth-order valence-electron chi connectivity index (χ4n) is 5.17. The van der Waals surface area contributed by atoms with Gasteiger partial charge in [-0.05, 0) is 43.4 Å². The zero-order chi connectivity index (χ0) is 26.3. The van der Waals surface area contributed by atoms with E-state index in [1.165, 1.54) is 12.3 Å². The molecule has 2 aliphatic rings. The van der Waals surface area contributed by atoms with Crippen molar-refractivity contribution in [3.05, 3.63) is 75.8 Å². The highest BCUT2D eigenvalue weighted by atomic mass is 19.1. The summed E-state index contributed by atoms with van der Waals surface area (Å²) in [5.74, 6) is -2.10. The number of carboxylic acids is 1. The predicted molar refractivity (Wildman–Crippen MR) is 139 cm³/mol. The summed E-state index contributed by atoms with van der Waals surface area (Å²) in [5, 5.41) is 12.5. The molecule has 0 radical (unpaired) electrons. The molecule has 1 amide bonds. The van der Waals surface area contributed by atoms with Crippen molar-refractivity contribution in [2.75, 3.05) is 24.5 Å². The second-order valence-corrected chi connectivity index (χ2v) is 10.6. The van der Waals surface area contributed by atoms with Crippen LogP contribution in [0.5, 0.6) is 0 Å². The van der Waals surface area contributed by atoms with Gasteiger partial charge in [0.1, 0.15) is 11.4 Å². The van der Waals surface area contributed by atoms with Gasteiger partial charge in [0.25, 0.3) is 0 Å². The zero-order valence-corrected chi connectivity index (χ0v) is 20.7. The normalized spacial score (nSPS) is 20.2. The van der Waals surface area contributed by atoms with Crippen LogP contribution in [0.25, 0.3) is 10.9 Å². The summed E-state index contributed by atoms with van der Waals surface area (Å²) in [5.41, 5.74) is 6.73. The van der Waals surface area contributed by atoms with Crippen molar-refractivity contribution in [3.8, 4) is 0 Å². The number of carbonyl (C=O) groups is 2. The van der Waals surface area contributed by atoms with E-state index < -0.39 is 23.3 Å². The topological polar surface area (TPSA) is 118 Å². The lowest BCUT2D eigenvalue weighted by atomic mass is 9.89. The average Bonchev–Trinajstić information content (AvgIpc) is 3.64. The van der Waals surface area contributed by atoms with Crippen molar-refractivity contribution in [1.82, 2.24) is 9.88 Å². The Morgan fingerprint density at radius 3 is 2.65 bits per heavy atom. The van der Waals surface area contributed by atoms with Crippen molar-refractivity contribution in [2.45, 2.75) is 44.7 Å². The molecule has 37 heavy (non-hydrogen) atoms. The average molecular weight is 507 g/mol. The Bertz CT molecular complexity index is 1420.